The predicted octanol–water partition coefficient (Wildman–Crippen LogP) is 1.54. The van der Waals surface area contributed by atoms with Gasteiger partial charge in [0.15, 0.2) is 0 Å². The smallest absolute Gasteiger partial charge is 0.220 e. The van der Waals surface area contributed by atoms with Crippen molar-refractivity contribution in [1.82, 2.24) is 5.32 Å². The number of primary amides is 1. The Bertz CT molecular complexity index is 432. The molecule has 4 nitrogen and oxygen atoms in total. The van der Waals surface area contributed by atoms with Crippen molar-refractivity contribution >= 4 is 5.91 Å². The molecule has 0 bridgehead atoms. The number of nitrogens with two attached hydrogens (primary N) is 1. The van der Waals surface area contributed by atoms with Gasteiger partial charge < -0.3 is 15.8 Å². The molecule has 18 heavy (non-hydrogen) atoms. The summed E-state index contributed by atoms with van der Waals surface area (Å²) in [5.41, 5.74) is 7.70. The summed E-state index contributed by atoms with van der Waals surface area (Å²) < 4.78 is 5.66. The number of carbonyl (C=O) groups is 1. The van der Waals surface area contributed by atoms with Crippen molar-refractivity contribution in [2.24, 2.45) is 5.73 Å². The van der Waals surface area contributed by atoms with Gasteiger partial charge in [-0.25, -0.2) is 0 Å². The van der Waals surface area contributed by atoms with Crippen LogP contribution in [0, 0.1) is 0 Å². The molecule has 1 atom stereocenters. The minimum absolute atomic E-state index is 0.264. The average Bonchev–Trinajstić information content (AvgIpc) is 2.74. The van der Waals surface area contributed by atoms with E-state index < -0.39 is 0 Å². The van der Waals surface area contributed by atoms with E-state index in [4.69, 9.17) is 10.5 Å². The number of fused-ring (bicyclic) bond motifs is 1. The van der Waals surface area contributed by atoms with E-state index in [1.54, 1.807) is 0 Å². The topological polar surface area (TPSA) is 64.3 Å². The minimum atomic E-state index is -0.326. The SMILES string of the molecule is CCNC1CCc2c(OCCC(N)=O)cccc21. The minimum Gasteiger partial charge on any atom is -0.493 e. The summed E-state index contributed by atoms with van der Waals surface area (Å²) in [4.78, 5) is 10.7. The number of hydrogen-bond acceptors (Lipinski definition) is 3. The van der Waals surface area contributed by atoms with Gasteiger partial charge in [0.25, 0.3) is 0 Å². The van der Waals surface area contributed by atoms with Crippen molar-refractivity contribution < 1.29 is 9.53 Å². The van der Waals surface area contributed by atoms with Crippen LogP contribution in [0.25, 0.3) is 0 Å². The van der Waals surface area contributed by atoms with Gasteiger partial charge >= 0.3 is 0 Å². The Balaban J connectivity index is 2.07. The monoisotopic (exact) mass is 248 g/mol. The number of benzene rings is 1. The molecule has 0 spiro atoms. The van der Waals surface area contributed by atoms with E-state index in [1.165, 1.54) is 11.1 Å². The third-order valence-electron chi connectivity index (χ3n) is 3.28. The van der Waals surface area contributed by atoms with E-state index in [0.717, 1.165) is 25.1 Å². The summed E-state index contributed by atoms with van der Waals surface area (Å²) in [6, 6.07) is 6.56. The van der Waals surface area contributed by atoms with Crippen molar-refractivity contribution in [3.63, 3.8) is 0 Å². The van der Waals surface area contributed by atoms with Crippen LogP contribution in [-0.4, -0.2) is 19.1 Å². The van der Waals surface area contributed by atoms with Crippen molar-refractivity contribution in [3.8, 4) is 5.75 Å². The number of nitrogens with one attached hydrogen (secondary N) is 1. The number of rotatable bonds is 6. The zero-order chi connectivity index (χ0) is 13.0. The number of ether oxygens (including phenoxy) is 1. The molecule has 0 fully saturated rings. The van der Waals surface area contributed by atoms with Crippen LogP contribution in [-0.2, 0) is 11.2 Å². The summed E-state index contributed by atoms with van der Waals surface area (Å²) in [7, 11) is 0. The van der Waals surface area contributed by atoms with Crippen molar-refractivity contribution in [1.29, 1.82) is 0 Å². The van der Waals surface area contributed by atoms with Crippen LogP contribution in [0.15, 0.2) is 18.2 Å². The first-order valence-electron chi connectivity index (χ1n) is 6.48. The molecule has 1 aliphatic rings. The molecule has 1 aromatic carbocycles. The Labute approximate surface area is 108 Å². The highest BCUT2D eigenvalue weighted by atomic mass is 16.5. The lowest BCUT2D eigenvalue weighted by atomic mass is 10.1. The molecule has 2 rings (SSSR count). The molecule has 0 heterocycles. The van der Waals surface area contributed by atoms with Gasteiger partial charge in [0.05, 0.1) is 13.0 Å². The zero-order valence-corrected chi connectivity index (χ0v) is 10.7. The van der Waals surface area contributed by atoms with E-state index in [1.807, 2.05) is 12.1 Å². The molecule has 0 saturated carbocycles. The maximum Gasteiger partial charge on any atom is 0.220 e. The fourth-order valence-electron chi connectivity index (χ4n) is 2.48. The third-order valence-corrected chi connectivity index (χ3v) is 3.28. The standard InChI is InChI=1S/C14H20N2O2/c1-2-16-12-7-6-11-10(12)4-3-5-13(11)18-9-8-14(15)17/h3-5,12,16H,2,6-9H2,1H3,(H2,15,17). The van der Waals surface area contributed by atoms with Gasteiger partial charge in [-0.05, 0) is 36.6 Å². The molecule has 1 aliphatic carbocycles. The Hall–Kier alpha value is -1.55. The molecular weight excluding hydrogens is 228 g/mol. The van der Waals surface area contributed by atoms with E-state index in [-0.39, 0.29) is 12.3 Å². The van der Waals surface area contributed by atoms with Crippen LogP contribution in [0.1, 0.15) is 36.9 Å². The van der Waals surface area contributed by atoms with Crippen molar-refractivity contribution in [3.05, 3.63) is 29.3 Å². The Morgan fingerprint density at radius 1 is 1.56 bits per heavy atom. The first kappa shape index (κ1) is 12.9. The van der Waals surface area contributed by atoms with Crippen LogP contribution in [0.3, 0.4) is 0 Å². The van der Waals surface area contributed by atoms with Gasteiger partial charge in [-0.3, -0.25) is 4.79 Å². The van der Waals surface area contributed by atoms with E-state index in [0.29, 0.717) is 12.6 Å². The highest BCUT2D eigenvalue weighted by Gasteiger charge is 2.24. The highest BCUT2D eigenvalue weighted by molar-refractivity contribution is 5.73. The molecule has 4 heteroatoms. The lowest BCUT2D eigenvalue weighted by Gasteiger charge is -2.14. The highest BCUT2D eigenvalue weighted by Crippen LogP contribution is 2.36. The second-order valence-corrected chi connectivity index (χ2v) is 4.54. The predicted molar refractivity (Wildman–Crippen MR) is 70.5 cm³/mol. The normalized spacial score (nSPS) is 17.5. The summed E-state index contributed by atoms with van der Waals surface area (Å²) in [5.74, 6) is 0.572. The first-order valence-corrected chi connectivity index (χ1v) is 6.48. The Morgan fingerprint density at radius 3 is 3.11 bits per heavy atom. The van der Waals surface area contributed by atoms with Gasteiger partial charge in [0.2, 0.25) is 5.91 Å². The summed E-state index contributed by atoms with van der Waals surface area (Å²) in [6.07, 6.45) is 2.40. The summed E-state index contributed by atoms with van der Waals surface area (Å²) >= 11 is 0. The first-order chi connectivity index (χ1) is 8.72. The number of hydrogen-bond donors (Lipinski definition) is 2. The second kappa shape index (κ2) is 5.87. The van der Waals surface area contributed by atoms with E-state index >= 15 is 0 Å². The second-order valence-electron chi connectivity index (χ2n) is 4.54. The fourth-order valence-corrected chi connectivity index (χ4v) is 2.48. The maximum absolute atomic E-state index is 10.7. The molecule has 1 aromatic rings. The fraction of sp³-hybridized carbons (Fsp3) is 0.500. The van der Waals surface area contributed by atoms with Gasteiger partial charge in [-0.15, -0.1) is 0 Å². The molecule has 98 valence electrons. The van der Waals surface area contributed by atoms with Crippen LogP contribution < -0.4 is 15.8 Å². The molecule has 3 N–H and O–H groups in total. The molecular formula is C14H20N2O2. The largest absolute Gasteiger partial charge is 0.493 e. The Kier molecular flexibility index (Phi) is 4.20. The van der Waals surface area contributed by atoms with Crippen molar-refractivity contribution in [2.75, 3.05) is 13.2 Å². The van der Waals surface area contributed by atoms with Gasteiger partial charge in [-0.1, -0.05) is 19.1 Å². The van der Waals surface area contributed by atoms with Crippen LogP contribution >= 0.6 is 0 Å². The maximum atomic E-state index is 10.7. The lowest BCUT2D eigenvalue weighted by Crippen LogP contribution is -2.18. The van der Waals surface area contributed by atoms with Gasteiger partial charge in [-0.2, -0.15) is 0 Å². The lowest BCUT2D eigenvalue weighted by molar-refractivity contribution is -0.118. The average molecular weight is 248 g/mol. The van der Waals surface area contributed by atoms with E-state index in [9.17, 15) is 4.79 Å². The molecule has 0 aliphatic heterocycles. The number of carbonyl (C=O) groups excluding carboxylic acids is 1. The third kappa shape index (κ3) is 2.82. The van der Waals surface area contributed by atoms with Crippen LogP contribution in [0.4, 0.5) is 0 Å². The molecule has 0 aromatic heterocycles. The van der Waals surface area contributed by atoms with Crippen LogP contribution in [0.2, 0.25) is 0 Å². The Morgan fingerprint density at radius 2 is 2.39 bits per heavy atom. The summed E-state index contributed by atoms with van der Waals surface area (Å²) in [5, 5.41) is 3.47. The summed E-state index contributed by atoms with van der Waals surface area (Å²) in [6.45, 7) is 3.44. The quantitative estimate of drug-likeness (QED) is 0.802. The van der Waals surface area contributed by atoms with Gasteiger partial charge in [0, 0.05) is 6.04 Å². The van der Waals surface area contributed by atoms with E-state index in [2.05, 4.69) is 18.3 Å². The van der Waals surface area contributed by atoms with Gasteiger partial charge in [0.1, 0.15) is 5.75 Å². The molecule has 1 unspecified atom stereocenters. The molecule has 0 saturated heterocycles. The molecule has 1 amide bonds. The molecule has 0 radical (unpaired) electrons. The van der Waals surface area contributed by atoms with Crippen LogP contribution in [0.5, 0.6) is 5.75 Å². The number of amides is 1. The zero-order valence-electron chi connectivity index (χ0n) is 10.7. The van der Waals surface area contributed by atoms with Crippen molar-refractivity contribution in [2.45, 2.75) is 32.2 Å².